The predicted octanol–water partition coefficient (Wildman–Crippen LogP) is 1.82. The zero-order valence-electron chi connectivity index (χ0n) is 11.8. The Labute approximate surface area is 124 Å². The second-order valence-electron chi connectivity index (χ2n) is 3.84. The number of amides is 1. The summed E-state index contributed by atoms with van der Waals surface area (Å²) in [6, 6.07) is 3.47. The van der Waals surface area contributed by atoms with Gasteiger partial charge in [0.05, 0.1) is 20.8 Å². The molecule has 0 bridgehead atoms. The summed E-state index contributed by atoms with van der Waals surface area (Å²) in [5.41, 5.74) is 0.556. The summed E-state index contributed by atoms with van der Waals surface area (Å²) in [4.78, 5) is 27.2. The molecule has 1 N–H and O–H groups in total. The van der Waals surface area contributed by atoms with Crippen molar-refractivity contribution in [3.63, 3.8) is 0 Å². The van der Waals surface area contributed by atoms with Crippen LogP contribution in [0, 0.1) is 0 Å². The molecule has 0 aliphatic rings. The summed E-state index contributed by atoms with van der Waals surface area (Å²) in [6.07, 6.45) is 0. The van der Waals surface area contributed by atoms with E-state index in [9.17, 15) is 9.59 Å². The van der Waals surface area contributed by atoms with Gasteiger partial charge in [0, 0.05) is 0 Å². The third-order valence-corrected chi connectivity index (χ3v) is 3.58. The van der Waals surface area contributed by atoms with Gasteiger partial charge in [0.2, 0.25) is 0 Å². The maximum absolute atomic E-state index is 11.6. The molecule has 1 amide bonds. The van der Waals surface area contributed by atoms with Gasteiger partial charge in [-0.1, -0.05) is 11.3 Å². The lowest BCUT2D eigenvalue weighted by Crippen LogP contribution is -2.24. The molecule has 7 nitrogen and oxygen atoms in total. The first-order valence-corrected chi connectivity index (χ1v) is 6.92. The lowest BCUT2D eigenvalue weighted by atomic mass is 10.3. The van der Waals surface area contributed by atoms with E-state index in [0.29, 0.717) is 17.0 Å². The first kappa shape index (κ1) is 15.0. The highest BCUT2D eigenvalue weighted by Gasteiger charge is 2.19. The molecule has 1 heterocycles. The van der Waals surface area contributed by atoms with E-state index in [-0.39, 0.29) is 11.7 Å². The van der Waals surface area contributed by atoms with Crippen molar-refractivity contribution in [1.82, 2.24) is 4.98 Å². The average molecular weight is 310 g/mol. The maximum Gasteiger partial charge on any atom is 0.397 e. The highest BCUT2D eigenvalue weighted by molar-refractivity contribution is 7.22. The number of thiazole rings is 1. The summed E-state index contributed by atoms with van der Waals surface area (Å²) in [6.45, 7) is 1.76. The molecule has 0 saturated carbocycles. The second kappa shape index (κ2) is 6.40. The standard InChI is InChI=1S/C13H14N2O5S/c1-4-20-12(17)11(16)15-13-14-9-7(18-2)5-6-8(19-3)10(9)21-13/h5-6H,4H2,1-3H3,(H,14,15,16). The maximum atomic E-state index is 11.6. The van der Waals surface area contributed by atoms with E-state index in [1.807, 2.05) is 0 Å². The van der Waals surface area contributed by atoms with E-state index in [2.05, 4.69) is 15.0 Å². The first-order valence-electron chi connectivity index (χ1n) is 6.10. The van der Waals surface area contributed by atoms with Crippen molar-refractivity contribution in [3.05, 3.63) is 12.1 Å². The molecule has 0 fully saturated rings. The molecular formula is C13H14N2O5S. The van der Waals surface area contributed by atoms with Crippen LogP contribution in [0.1, 0.15) is 6.92 Å². The summed E-state index contributed by atoms with van der Waals surface area (Å²) in [5, 5.41) is 2.67. The van der Waals surface area contributed by atoms with Crippen LogP contribution >= 0.6 is 11.3 Å². The van der Waals surface area contributed by atoms with Gasteiger partial charge in [0.1, 0.15) is 21.7 Å². The number of carbonyl (C=O) groups excluding carboxylic acids is 2. The number of fused-ring (bicyclic) bond motifs is 1. The van der Waals surface area contributed by atoms with Gasteiger partial charge < -0.3 is 14.2 Å². The Balaban J connectivity index is 2.34. The minimum atomic E-state index is -0.948. The molecule has 0 unspecified atom stereocenters. The average Bonchev–Trinajstić information content (AvgIpc) is 2.89. The van der Waals surface area contributed by atoms with Crippen molar-refractivity contribution in [1.29, 1.82) is 0 Å². The predicted molar refractivity (Wildman–Crippen MR) is 78.0 cm³/mol. The van der Waals surface area contributed by atoms with Crippen LogP contribution in [0.3, 0.4) is 0 Å². The molecule has 112 valence electrons. The molecule has 0 radical (unpaired) electrons. The van der Waals surface area contributed by atoms with Crippen molar-refractivity contribution >= 4 is 38.6 Å². The van der Waals surface area contributed by atoms with Crippen LogP contribution in [0.5, 0.6) is 11.5 Å². The van der Waals surface area contributed by atoms with Crippen molar-refractivity contribution < 1.29 is 23.8 Å². The van der Waals surface area contributed by atoms with Crippen LogP contribution in [-0.4, -0.2) is 37.7 Å². The molecule has 8 heteroatoms. The third-order valence-electron chi connectivity index (χ3n) is 2.59. The summed E-state index contributed by atoms with van der Waals surface area (Å²) in [7, 11) is 3.06. The zero-order chi connectivity index (χ0) is 15.4. The molecule has 0 saturated heterocycles. The molecule has 0 spiro atoms. The number of benzene rings is 1. The second-order valence-corrected chi connectivity index (χ2v) is 4.84. The molecule has 0 atom stereocenters. The number of nitrogens with zero attached hydrogens (tertiary/aromatic N) is 1. The number of hydrogen-bond donors (Lipinski definition) is 1. The number of rotatable bonds is 4. The Morgan fingerprint density at radius 2 is 1.90 bits per heavy atom. The van der Waals surface area contributed by atoms with Crippen LogP contribution in [0.2, 0.25) is 0 Å². The molecule has 0 aliphatic heterocycles. The Morgan fingerprint density at radius 3 is 2.52 bits per heavy atom. The van der Waals surface area contributed by atoms with Gasteiger partial charge in [-0.05, 0) is 19.1 Å². The van der Waals surface area contributed by atoms with Gasteiger partial charge in [0.15, 0.2) is 5.13 Å². The van der Waals surface area contributed by atoms with Gasteiger partial charge >= 0.3 is 11.9 Å². The van der Waals surface area contributed by atoms with Crippen molar-refractivity contribution in [2.75, 3.05) is 26.1 Å². The van der Waals surface area contributed by atoms with Gasteiger partial charge in [0.25, 0.3) is 0 Å². The van der Waals surface area contributed by atoms with Crippen molar-refractivity contribution in [3.8, 4) is 11.5 Å². The van der Waals surface area contributed by atoms with E-state index >= 15 is 0 Å². The fraction of sp³-hybridized carbons (Fsp3) is 0.308. The van der Waals surface area contributed by atoms with Crippen LogP contribution < -0.4 is 14.8 Å². The highest BCUT2D eigenvalue weighted by Crippen LogP contribution is 2.38. The minimum Gasteiger partial charge on any atom is -0.495 e. The van der Waals surface area contributed by atoms with E-state index < -0.39 is 11.9 Å². The number of nitrogens with one attached hydrogen (secondary N) is 1. The number of anilines is 1. The van der Waals surface area contributed by atoms with E-state index in [1.54, 1.807) is 19.1 Å². The number of hydrogen-bond acceptors (Lipinski definition) is 7. The van der Waals surface area contributed by atoms with Gasteiger partial charge in [-0.2, -0.15) is 0 Å². The summed E-state index contributed by atoms with van der Waals surface area (Å²) < 4.78 is 15.8. The Hall–Kier alpha value is -2.35. The molecular weight excluding hydrogens is 296 g/mol. The number of carbonyl (C=O) groups is 2. The highest BCUT2D eigenvalue weighted by atomic mass is 32.1. The van der Waals surface area contributed by atoms with Crippen molar-refractivity contribution in [2.45, 2.75) is 6.92 Å². The molecule has 2 rings (SSSR count). The number of aromatic nitrogens is 1. The molecule has 2 aromatic rings. The Kier molecular flexibility index (Phi) is 4.59. The Morgan fingerprint density at radius 1 is 1.24 bits per heavy atom. The lowest BCUT2D eigenvalue weighted by Gasteiger charge is -2.03. The molecule has 1 aromatic carbocycles. The van der Waals surface area contributed by atoms with E-state index in [4.69, 9.17) is 9.47 Å². The van der Waals surface area contributed by atoms with Crippen LogP contribution in [0.4, 0.5) is 5.13 Å². The topological polar surface area (TPSA) is 86.8 Å². The molecule has 21 heavy (non-hydrogen) atoms. The number of methoxy groups -OCH3 is 2. The molecule has 1 aromatic heterocycles. The normalized spacial score (nSPS) is 10.2. The van der Waals surface area contributed by atoms with Gasteiger partial charge in [-0.25, -0.2) is 9.78 Å². The summed E-state index contributed by atoms with van der Waals surface area (Å²) in [5.74, 6) is -0.650. The smallest absolute Gasteiger partial charge is 0.397 e. The fourth-order valence-electron chi connectivity index (χ4n) is 1.68. The van der Waals surface area contributed by atoms with E-state index in [1.165, 1.54) is 25.6 Å². The third kappa shape index (κ3) is 3.05. The van der Waals surface area contributed by atoms with Gasteiger partial charge in [-0.3, -0.25) is 10.1 Å². The van der Waals surface area contributed by atoms with Crippen LogP contribution in [0.15, 0.2) is 12.1 Å². The lowest BCUT2D eigenvalue weighted by molar-refractivity contribution is -0.152. The quantitative estimate of drug-likeness (QED) is 0.684. The number of esters is 1. The first-order chi connectivity index (χ1) is 10.1. The fourth-order valence-corrected chi connectivity index (χ4v) is 2.65. The Bertz CT molecular complexity index is 641. The largest absolute Gasteiger partial charge is 0.495 e. The SMILES string of the molecule is CCOC(=O)C(=O)Nc1nc2c(OC)ccc(OC)c2s1. The summed E-state index contributed by atoms with van der Waals surface area (Å²) >= 11 is 1.19. The minimum absolute atomic E-state index is 0.133. The number of ether oxygens (including phenoxy) is 3. The van der Waals surface area contributed by atoms with Crippen LogP contribution in [0.25, 0.3) is 10.2 Å². The zero-order valence-corrected chi connectivity index (χ0v) is 12.6. The molecule has 0 aliphatic carbocycles. The van der Waals surface area contributed by atoms with E-state index in [0.717, 1.165) is 4.70 Å². The van der Waals surface area contributed by atoms with Crippen molar-refractivity contribution in [2.24, 2.45) is 0 Å². The van der Waals surface area contributed by atoms with Gasteiger partial charge in [-0.15, -0.1) is 0 Å². The monoisotopic (exact) mass is 310 g/mol. The van der Waals surface area contributed by atoms with Crippen LogP contribution in [-0.2, 0) is 14.3 Å².